The second-order valence-electron chi connectivity index (χ2n) is 4.48. The Hall–Kier alpha value is -1.65. The lowest BCUT2D eigenvalue weighted by Gasteiger charge is -2.22. The maximum Gasteiger partial charge on any atom is 0.339 e. The smallest absolute Gasteiger partial charge is 0.339 e. The molecule has 0 atom stereocenters. The molecule has 2 N–H and O–H groups in total. The van der Waals surface area contributed by atoms with Crippen LogP contribution in [0.2, 0.25) is 0 Å². The molecule has 1 aromatic rings. The zero-order valence-corrected chi connectivity index (χ0v) is 9.94. The molecule has 0 aromatic carbocycles. The molecule has 0 spiro atoms. The number of aromatic carboxylic acids is 1. The highest BCUT2D eigenvalue weighted by molar-refractivity contribution is 5.88. The zero-order valence-electron chi connectivity index (χ0n) is 9.94. The zero-order chi connectivity index (χ0) is 12.3. The number of anilines is 1. The first-order valence-electron chi connectivity index (χ1n) is 6.00. The van der Waals surface area contributed by atoms with Gasteiger partial charge in [0.1, 0.15) is 0 Å². The summed E-state index contributed by atoms with van der Waals surface area (Å²) in [6, 6.07) is 0.429. The molecule has 1 saturated carbocycles. The number of carbonyl (C=O) groups is 1. The van der Waals surface area contributed by atoms with Gasteiger partial charge in [-0.05, 0) is 19.8 Å². The normalized spacial score (nSPS) is 16.8. The standard InChI is InChI=1S/C12H17N3O2/c1-8-10(11(16)17)7-13-12(14-8)15-9-5-3-2-4-6-9/h7,9H,2-6H2,1H3,(H,16,17)(H,13,14,15). The molecule has 1 aromatic heterocycles. The van der Waals surface area contributed by atoms with Crippen molar-refractivity contribution in [1.82, 2.24) is 9.97 Å². The lowest BCUT2D eigenvalue weighted by molar-refractivity contribution is 0.0695. The van der Waals surface area contributed by atoms with E-state index in [0.717, 1.165) is 12.8 Å². The second kappa shape index (κ2) is 5.12. The minimum absolute atomic E-state index is 0.166. The molecule has 92 valence electrons. The average Bonchev–Trinajstić information content (AvgIpc) is 2.30. The van der Waals surface area contributed by atoms with E-state index in [9.17, 15) is 4.79 Å². The van der Waals surface area contributed by atoms with Gasteiger partial charge >= 0.3 is 5.97 Å². The van der Waals surface area contributed by atoms with E-state index in [4.69, 9.17) is 5.11 Å². The maximum atomic E-state index is 10.8. The van der Waals surface area contributed by atoms with E-state index in [-0.39, 0.29) is 5.56 Å². The van der Waals surface area contributed by atoms with Gasteiger partial charge in [-0.1, -0.05) is 19.3 Å². The third-order valence-electron chi connectivity index (χ3n) is 3.15. The van der Waals surface area contributed by atoms with E-state index in [1.807, 2.05) is 0 Å². The first-order chi connectivity index (χ1) is 8.16. The number of hydrogen-bond donors (Lipinski definition) is 2. The molecule has 1 aliphatic rings. The number of hydrogen-bond acceptors (Lipinski definition) is 4. The van der Waals surface area contributed by atoms with E-state index in [2.05, 4.69) is 15.3 Å². The Balaban J connectivity index is 2.06. The van der Waals surface area contributed by atoms with Crippen molar-refractivity contribution in [2.24, 2.45) is 0 Å². The molecule has 0 amide bonds. The van der Waals surface area contributed by atoms with Crippen molar-refractivity contribution in [3.05, 3.63) is 17.5 Å². The lowest BCUT2D eigenvalue weighted by Crippen LogP contribution is -2.23. The third kappa shape index (κ3) is 2.93. The number of aromatic nitrogens is 2. The SMILES string of the molecule is Cc1nc(NC2CCCCC2)ncc1C(=O)O. The summed E-state index contributed by atoms with van der Waals surface area (Å²) in [6.45, 7) is 1.69. The molecular formula is C12H17N3O2. The second-order valence-corrected chi connectivity index (χ2v) is 4.48. The van der Waals surface area contributed by atoms with E-state index in [1.54, 1.807) is 6.92 Å². The highest BCUT2D eigenvalue weighted by Crippen LogP contribution is 2.20. The number of rotatable bonds is 3. The molecule has 2 rings (SSSR count). The fourth-order valence-electron chi connectivity index (χ4n) is 2.18. The van der Waals surface area contributed by atoms with Crippen LogP contribution in [0.4, 0.5) is 5.95 Å². The Kier molecular flexibility index (Phi) is 3.56. The van der Waals surface area contributed by atoms with Gasteiger partial charge in [0, 0.05) is 12.2 Å². The molecule has 17 heavy (non-hydrogen) atoms. The Bertz CT molecular complexity index is 414. The van der Waals surface area contributed by atoms with Crippen LogP contribution in [0.1, 0.15) is 48.2 Å². The maximum absolute atomic E-state index is 10.8. The van der Waals surface area contributed by atoms with Gasteiger partial charge in [0.15, 0.2) is 0 Å². The van der Waals surface area contributed by atoms with Gasteiger partial charge in [-0.3, -0.25) is 0 Å². The number of nitrogens with zero attached hydrogens (tertiary/aromatic N) is 2. The van der Waals surface area contributed by atoms with Crippen molar-refractivity contribution in [2.45, 2.75) is 45.1 Å². The van der Waals surface area contributed by atoms with Gasteiger partial charge in [-0.25, -0.2) is 14.8 Å². The monoisotopic (exact) mass is 235 g/mol. The number of carboxylic acid groups (broad SMARTS) is 1. The lowest BCUT2D eigenvalue weighted by atomic mass is 9.96. The quantitative estimate of drug-likeness (QED) is 0.840. The molecule has 0 unspecified atom stereocenters. The summed E-state index contributed by atoms with van der Waals surface area (Å²) < 4.78 is 0. The Labute approximate surface area is 100 Å². The highest BCUT2D eigenvalue weighted by atomic mass is 16.4. The summed E-state index contributed by atoms with van der Waals surface area (Å²) in [6.07, 6.45) is 7.44. The Morgan fingerprint density at radius 1 is 1.41 bits per heavy atom. The molecule has 1 aliphatic carbocycles. The van der Waals surface area contributed by atoms with Crippen LogP contribution >= 0.6 is 0 Å². The van der Waals surface area contributed by atoms with Gasteiger partial charge < -0.3 is 10.4 Å². The van der Waals surface area contributed by atoms with Crippen molar-refractivity contribution in [3.8, 4) is 0 Å². The topological polar surface area (TPSA) is 75.1 Å². The van der Waals surface area contributed by atoms with Gasteiger partial charge in [-0.15, -0.1) is 0 Å². The third-order valence-corrected chi connectivity index (χ3v) is 3.15. The Morgan fingerprint density at radius 3 is 2.71 bits per heavy atom. The van der Waals surface area contributed by atoms with Gasteiger partial charge in [-0.2, -0.15) is 0 Å². The number of aryl methyl sites for hydroxylation is 1. The fourth-order valence-corrected chi connectivity index (χ4v) is 2.18. The Morgan fingerprint density at radius 2 is 2.12 bits per heavy atom. The van der Waals surface area contributed by atoms with E-state index < -0.39 is 5.97 Å². The van der Waals surface area contributed by atoms with Crippen LogP contribution in [0.5, 0.6) is 0 Å². The molecule has 0 bridgehead atoms. The summed E-state index contributed by atoms with van der Waals surface area (Å²) in [7, 11) is 0. The van der Waals surface area contributed by atoms with Crippen molar-refractivity contribution < 1.29 is 9.90 Å². The summed E-state index contributed by atoms with van der Waals surface area (Å²) in [5, 5.41) is 12.2. The predicted molar refractivity (Wildman–Crippen MR) is 64.2 cm³/mol. The van der Waals surface area contributed by atoms with Crippen LogP contribution < -0.4 is 5.32 Å². The average molecular weight is 235 g/mol. The van der Waals surface area contributed by atoms with Crippen molar-refractivity contribution in [3.63, 3.8) is 0 Å². The molecule has 1 fully saturated rings. The van der Waals surface area contributed by atoms with E-state index >= 15 is 0 Å². The first kappa shape index (κ1) is 11.8. The van der Waals surface area contributed by atoms with E-state index in [0.29, 0.717) is 17.7 Å². The predicted octanol–water partition coefficient (Wildman–Crippen LogP) is 2.23. The van der Waals surface area contributed by atoms with Crippen LogP contribution in [0.15, 0.2) is 6.20 Å². The highest BCUT2D eigenvalue weighted by Gasteiger charge is 2.15. The molecule has 0 saturated heterocycles. The van der Waals surface area contributed by atoms with Crippen molar-refractivity contribution in [2.75, 3.05) is 5.32 Å². The number of carboxylic acids is 1. The largest absolute Gasteiger partial charge is 0.478 e. The van der Waals surface area contributed by atoms with Crippen LogP contribution in [-0.4, -0.2) is 27.1 Å². The van der Waals surface area contributed by atoms with Crippen LogP contribution in [0.25, 0.3) is 0 Å². The van der Waals surface area contributed by atoms with Crippen molar-refractivity contribution in [1.29, 1.82) is 0 Å². The van der Waals surface area contributed by atoms with Crippen LogP contribution in [-0.2, 0) is 0 Å². The molecule has 5 heteroatoms. The first-order valence-corrected chi connectivity index (χ1v) is 6.00. The van der Waals surface area contributed by atoms with Gasteiger partial charge in [0.05, 0.1) is 11.3 Å². The summed E-state index contributed by atoms with van der Waals surface area (Å²) in [4.78, 5) is 19.1. The van der Waals surface area contributed by atoms with E-state index in [1.165, 1.54) is 25.5 Å². The molecule has 0 aliphatic heterocycles. The molecule has 1 heterocycles. The van der Waals surface area contributed by atoms with Crippen LogP contribution in [0.3, 0.4) is 0 Å². The van der Waals surface area contributed by atoms with Gasteiger partial charge in [0.2, 0.25) is 5.95 Å². The minimum Gasteiger partial charge on any atom is -0.478 e. The molecule has 5 nitrogen and oxygen atoms in total. The summed E-state index contributed by atoms with van der Waals surface area (Å²) in [5.41, 5.74) is 0.671. The molecule has 0 radical (unpaired) electrons. The van der Waals surface area contributed by atoms with Crippen LogP contribution in [0, 0.1) is 6.92 Å². The van der Waals surface area contributed by atoms with Gasteiger partial charge in [0.25, 0.3) is 0 Å². The minimum atomic E-state index is -0.980. The molecular weight excluding hydrogens is 218 g/mol. The van der Waals surface area contributed by atoms with Crippen molar-refractivity contribution >= 4 is 11.9 Å². The number of nitrogens with one attached hydrogen (secondary N) is 1. The summed E-state index contributed by atoms with van der Waals surface area (Å²) >= 11 is 0. The summed E-state index contributed by atoms with van der Waals surface area (Å²) in [5.74, 6) is -0.439. The fraction of sp³-hybridized carbons (Fsp3) is 0.583.